The lowest BCUT2D eigenvalue weighted by molar-refractivity contribution is 0.189. The summed E-state index contributed by atoms with van der Waals surface area (Å²) in [6, 6.07) is 4.61. The van der Waals surface area contributed by atoms with E-state index in [9.17, 15) is 0 Å². The Morgan fingerprint density at radius 1 is 1.06 bits per heavy atom. The second kappa shape index (κ2) is 12.2. The van der Waals surface area contributed by atoms with Gasteiger partial charge in [-0.2, -0.15) is 4.98 Å². The highest BCUT2D eigenvalue weighted by molar-refractivity contribution is 7.18. The van der Waals surface area contributed by atoms with E-state index in [0.717, 1.165) is 46.5 Å². The topological polar surface area (TPSA) is 76.1 Å². The van der Waals surface area contributed by atoms with Crippen molar-refractivity contribution in [2.45, 2.75) is 78.4 Å². The van der Waals surface area contributed by atoms with Crippen molar-refractivity contribution in [1.82, 2.24) is 24.8 Å². The average molecular weight is 481 g/mol. The van der Waals surface area contributed by atoms with E-state index in [4.69, 9.17) is 4.74 Å². The van der Waals surface area contributed by atoms with Crippen molar-refractivity contribution in [1.29, 1.82) is 0 Å². The van der Waals surface area contributed by atoms with Crippen LogP contribution in [0.15, 0.2) is 30.7 Å². The van der Waals surface area contributed by atoms with Gasteiger partial charge < -0.3 is 10.1 Å². The molecule has 1 saturated heterocycles. The van der Waals surface area contributed by atoms with E-state index in [1.54, 1.807) is 11.3 Å². The lowest BCUT2D eigenvalue weighted by Crippen LogP contribution is -2.29. The first-order valence-electron chi connectivity index (χ1n) is 12.5. The molecule has 0 bridgehead atoms. The number of pyridine rings is 1. The molecule has 3 aromatic heterocycles. The minimum atomic E-state index is 0.102. The molecule has 4 heterocycles. The number of hydrogen-bond acceptors (Lipinski definition) is 8. The number of nitrogens with one attached hydrogen (secondary N) is 1. The van der Waals surface area contributed by atoms with Crippen LogP contribution >= 0.6 is 11.3 Å². The van der Waals surface area contributed by atoms with Gasteiger partial charge in [0, 0.05) is 25.1 Å². The van der Waals surface area contributed by atoms with Crippen molar-refractivity contribution in [2.24, 2.45) is 0 Å². The number of anilines is 2. The molecule has 7 nitrogen and oxygen atoms in total. The van der Waals surface area contributed by atoms with E-state index >= 15 is 0 Å². The van der Waals surface area contributed by atoms with Crippen molar-refractivity contribution >= 4 is 22.3 Å². The van der Waals surface area contributed by atoms with Gasteiger partial charge in [0.2, 0.25) is 0 Å². The molecule has 4 rings (SSSR count). The molecule has 34 heavy (non-hydrogen) atoms. The Kier molecular flexibility index (Phi) is 8.82. The molecular weight excluding hydrogens is 444 g/mol. The predicted molar refractivity (Wildman–Crippen MR) is 139 cm³/mol. The lowest BCUT2D eigenvalue weighted by atomic mass is 10.1. The third-order valence-electron chi connectivity index (χ3n) is 6.12. The van der Waals surface area contributed by atoms with Gasteiger partial charge in [-0.1, -0.05) is 43.6 Å². The Bertz CT molecular complexity index is 1030. The van der Waals surface area contributed by atoms with Crippen LogP contribution in [0, 0.1) is 6.92 Å². The SMILES string of the molecule is CCCCCC(C)Oc1ncc(C)c(-c2cnc(Nc3ccc(CN4CCCCC4)cn3)s2)n1. The zero-order valence-corrected chi connectivity index (χ0v) is 21.4. The maximum Gasteiger partial charge on any atom is 0.317 e. The van der Waals surface area contributed by atoms with Gasteiger partial charge in [0.15, 0.2) is 5.13 Å². The summed E-state index contributed by atoms with van der Waals surface area (Å²) >= 11 is 1.56. The number of piperidine rings is 1. The van der Waals surface area contributed by atoms with E-state index in [2.05, 4.69) is 50.1 Å². The summed E-state index contributed by atoms with van der Waals surface area (Å²) in [5.41, 5.74) is 3.11. The summed E-state index contributed by atoms with van der Waals surface area (Å²) < 4.78 is 5.98. The fraction of sp³-hybridized carbons (Fsp3) is 0.538. The molecular formula is C26H36N6OS. The Morgan fingerprint density at radius 3 is 2.68 bits per heavy atom. The highest BCUT2D eigenvalue weighted by Gasteiger charge is 2.14. The van der Waals surface area contributed by atoms with Crippen LogP contribution in [0.1, 0.15) is 69.9 Å². The number of unbranched alkanes of at least 4 members (excludes halogenated alkanes) is 2. The third kappa shape index (κ3) is 6.96. The fourth-order valence-corrected chi connectivity index (χ4v) is 5.05. The average Bonchev–Trinajstić information content (AvgIpc) is 3.31. The second-order valence-corrected chi connectivity index (χ2v) is 10.2. The van der Waals surface area contributed by atoms with Crippen molar-refractivity contribution in [2.75, 3.05) is 18.4 Å². The Hall–Kier alpha value is -2.58. The minimum absolute atomic E-state index is 0.102. The Morgan fingerprint density at radius 2 is 1.91 bits per heavy atom. The number of ether oxygens (including phenoxy) is 1. The van der Waals surface area contributed by atoms with E-state index in [1.807, 2.05) is 31.6 Å². The molecule has 0 radical (unpaired) electrons. The van der Waals surface area contributed by atoms with Gasteiger partial charge in [0.05, 0.1) is 16.7 Å². The summed E-state index contributed by atoms with van der Waals surface area (Å²) in [4.78, 5) is 21.7. The predicted octanol–water partition coefficient (Wildman–Crippen LogP) is 6.38. The number of hydrogen-bond donors (Lipinski definition) is 1. The van der Waals surface area contributed by atoms with Gasteiger partial charge in [-0.15, -0.1) is 0 Å². The molecule has 0 amide bonds. The smallest absolute Gasteiger partial charge is 0.317 e. The molecule has 0 saturated carbocycles. The summed E-state index contributed by atoms with van der Waals surface area (Å²) in [6.07, 6.45) is 14.3. The molecule has 1 N–H and O–H groups in total. The van der Waals surface area contributed by atoms with Gasteiger partial charge >= 0.3 is 6.01 Å². The lowest BCUT2D eigenvalue weighted by Gasteiger charge is -2.26. The van der Waals surface area contributed by atoms with Gasteiger partial charge in [-0.3, -0.25) is 4.90 Å². The fourth-order valence-electron chi connectivity index (χ4n) is 4.17. The number of aryl methyl sites for hydroxylation is 1. The summed E-state index contributed by atoms with van der Waals surface area (Å²) in [6.45, 7) is 9.66. The van der Waals surface area contributed by atoms with Crippen LogP contribution < -0.4 is 10.1 Å². The van der Waals surface area contributed by atoms with Crippen LogP contribution in [0.5, 0.6) is 6.01 Å². The van der Waals surface area contributed by atoms with E-state index in [0.29, 0.717) is 6.01 Å². The van der Waals surface area contributed by atoms with E-state index < -0.39 is 0 Å². The number of nitrogens with zero attached hydrogens (tertiary/aromatic N) is 5. The third-order valence-corrected chi connectivity index (χ3v) is 7.04. The first-order chi connectivity index (χ1) is 16.6. The molecule has 3 aromatic rings. The second-order valence-electron chi connectivity index (χ2n) is 9.15. The zero-order valence-electron chi connectivity index (χ0n) is 20.6. The van der Waals surface area contributed by atoms with Gasteiger partial charge in [-0.25, -0.2) is 15.0 Å². The zero-order chi connectivity index (χ0) is 23.8. The molecule has 0 spiro atoms. The standard InChI is InChI=1S/C26H36N6OS/c1-4-5-7-10-20(3)33-25-28-15-19(2)24(31-25)22-17-29-26(34-22)30-23-12-11-21(16-27-23)18-32-13-8-6-9-14-32/h11-12,15-17,20H,4-10,13-14,18H2,1-3H3,(H,27,29,30). The number of aromatic nitrogens is 4. The first kappa shape index (κ1) is 24.5. The normalized spacial score (nSPS) is 15.3. The maximum absolute atomic E-state index is 5.98. The molecule has 1 atom stereocenters. The number of likely N-dealkylation sites (tertiary alicyclic amines) is 1. The molecule has 1 fully saturated rings. The van der Waals surface area contributed by atoms with Crippen molar-refractivity contribution in [3.8, 4) is 16.6 Å². The first-order valence-corrected chi connectivity index (χ1v) is 13.3. The van der Waals surface area contributed by atoms with Crippen molar-refractivity contribution in [3.05, 3.63) is 41.9 Å². The van der Waals surface area contributed by atoms with Crippen LogP contribution in [-0.2, 0) is 6.54 Å². The largest absolute Gasteiger partial charge is 0.460 e. The van der Waals surface area contributed by atoms with E-state index in [1.165, 1.54) is 50.8 Å². The number of rotatable bonds is 11. The summed E-state index contributed by atoms with van der Waals surface area (Å²) in [7, 11) is 0. The minimum Gasteiger partial charge on any atom is -0.460 e. The molecule has 0 aliphatic carbocycles. The van der Waals surface area contributed by atoms with Crippen LogP contribution in [0.2, 0.25) is 0 Å². The van der Waals surface area contributed by atoms with Gasteiger partial charge in [-0.05, 0) is 69.8 Å². The molecule has 182 valence electrons. The molecule has 1 aliphatic rings. The van der Waals surface area contributed by atoms with Gasteiger partial charge in [0.1, 0.15) is 5.82 Å². The molecule has 0 aromatic carbocycles. The van der Waals surface area contributed by atoms with Crippen molar-refractivity contribution < 1.29 is 4.74 Å². The Labute approximate surface area is 207 Å². The monoisotopic (exact) mass is 480 g/mol. The van der Waals surface area contributed by atoms with Crippen LogP contribution in [0.25, 0.3) is 10.6 Å². The van der Waals surface area contributed by atoms with Crippen molar-refractivity contribution in [3.63, 3.8) is 0 Å². The molecule has 1 unspecified atom stereocenters. The maximum atomic E-state index is 5.98. The Balaban J connectivity index is 1.37. The van der Waals surface area contributed by atoms with Crippen LogP contribution in [-0.4, -0.2) is 44.0 Å². The van der Waals surface area contributed by atoms with Gasteiger partial charge in [0.25, 0.3) is 0 Å². The highest BCUT2D eigenvalue weighted by atomic mass is 32.1. The van der Waals surface area contributed by atoms with Crippen LogP contribution in [0.3, 0.4) is 0 Å². The quantitative estimate of drug-likeness (QED) is 0.319. The van der Waals surface area contributed by atoms with E-state index in [-0.39, 0.29) is 6.10 Å². The molecule has 8 heteroatoms. The summed E-state index contributed by atoms with van der Waals surface area (Å²) in [5.74, 6) is 0.799. The summed E-state index contributed by atoms with van der Waals surface area (Å²) in [5, 5.41) is 4.12. The van der Waals surface area contributed by atoms with Crippen LogP contribution in [0.4, 0.5) is 10.9 Å². The number of thiazole rings is 1. The highest BCUT2D eigenvalue weighted by Crippen LogP contribution is 2.32. The molecule has 1 aliphatic heterocycles.